The summed E-state index contributed by atoms with van der Waals surface area (Å²) < 4.78 is 0. The Kier molecular flexibility index (Phi) is 6.07. The lowest BCUT2D eigenvalue weighted by Crippen LogP contribution is -2.33. The van der Waals surface area contributed by atoms with E-state index in [1.54, 1.807) is 29.2 Å². The van der Waals surface area contributed by atoms with E-state index in [0.29, 0.717) is 24.3 Å². The molecule has 6 nitrogen and oxygen atoms in total. The third-order valence-corrected chi connectivity index (χ3v) is 4.66. The maximum atomic E-state index is 12.2. The van der Waals surface area contributed by atoms with Gasteiger partial charge in [0.2, 0.25) is 11.8 Å². The Labute approximate surface area is 163 Å². The van der Waals surface area contributed by atoms with Crippen LogP contribution in [0.15, 0.2) is 54.7 Å². The molecule has 0 fully saturated rings. The van der Waals surface area contributed by atoms with Gasteiger partial charge in [-0.1, -0.05) is 24.3 Å². The van der Waals surface area contributed by atoms with E-state index in [1.165, 1.54) is 6.92 Å². The van der Waals surface area contributed by atoms with Crippen molar-refractivity contribution in [3.63, 3.8) is 0 Å². The zero-order valence-electron chi connectivity index (χ0n) is 15.7. The smallest absolute Gasteiger partial charge is 0.226 e. The molecule has 2 N–H and O–H groups in total. The van der Waals surface area contributed by atoms with E-state index in [2.05, 4.69) is 16.4 Å². The molecule has 0 bridgehead atoms. The van der Waals surface area contributed by atoms with Gasteiger partial charge >= 0.3 is 0 Å². The molecule has 0 aliphatic heterocycles. The minimum atomic E-state index is -0.187. The molecular formula is C22H22N4O2. The lowest BCUT2D eigenvalue weighted by Gasteiger charge is -2.20. The van der Waals surface area contributed by atoms with Gasteiger partial charge in [-0.2, -0.15) is 5.26 Å². The highest BCUT2D eigenvalue weighted by atomic mass is 16.2. The molecule has 0 aliphatic carbocycles. The zero-order valence-corrected chi connectivity index (χ0v) is 15.7. The number of nitriles is 1. The molecular weight excluding hydrogens is 352 g/mol. The van der Waals surface area contributed by atoms with Gasteiger partial charge in [0.1, 0.15) is 0 Å². The number of benzene rings is 2. The lowest BCUT2D eigenvalue weighted by atomic mass is 10.1. The van der Waals surface area contributed by atoms with E-state index in [1.807, 2.05) is 30.5 Å². The van der Waals surface area contributed by atoms with Gasteiger partial charge in [0, 0.05) is 49.2 Å². The molecule has 2 amide bonds. The Bertz CT molecular complexity index is 1030. The molecule has 3 aromatic rings. The summed E-state index contributed by atoms with van der Waals surface area (Å²) in [7, 11) is 0. The van der Waals surface area contributed by atoms with Crippen LogP contribution in [0, 0.1) is 11.3 Å². The average Bonchev–Trinajstić information content (AvgIpc) is 3.11. The number of carbonyl (C=O) groups is 2. The summed E-state index contributed by atoms with van der Waals surface area (Å²) in [6.45, 7) is 2.42. The predicted octanol–water partition coefficient (Wildman–Crippen LogP) is 3.46. The number of anilines is 1. The normalized spacial score (nSPS) is 10.4. The van der Waals surface area contributed by atoms with Gasteiger partial charge in [-0.05, 0) is 36.2 Å². The number of fused-ring (bicyclic) bond motifs is 1. The van der Waals surface area contributed by atoms with Crippen LogP contribution in [0.5, 0.6) is 0 Å². The summed E-state index contributed by atoms with van der Waals surface area (Å²) in [5.41, 5.74) is 3.30. The van der Waals surface area contributed by atoms with E-state index < -0.39 is 0 Å². The minimum Gasteiger partial charge on any atom is -0.361 e. The fourth-order valence-electron chi connectivity index (χ4n) is 3.15. The Hall–Kier alpha value is -3.59. The number of aromatic amines is 1. The third kappa shape index (κ3) is 4.77. The first-order chi connectivity index (χ1) is 13.6. The topological polar surface area (TPSA) is 89.0 Å². The average molecular weight is 374 g/mol. The van der Waals surface area contributed by atoms with Crippen molar-refractivity contribution in [1.82, 2.24) is 9.88 Å². The fraction of sp³-hybridized carbons (Fsp3) is 0.227. The lowest BCUT2D eigenvalue weighted by molar-refractivity contribution is -0.129. The van der Waals surface area contributed by atoms with Gasteiger partial charge < -0.3 is 15.2 Å². The number of aromatic nitrogens is 1. The van der Waals surface area contributed by atoms with Crippen LogP contribution in [-0.2, 0) is 16.0 Å². The summed E-state index contributed by atoms with van der Waals surface area (Å²) >= 11 is 0. The van der Waals surface area contributed by atoms with E-state index >= 15 is 0 Å². The van der Waals surface area contributed by atoms with Crippen molar-refractivity contribution in [2.75, 3.05) is 18.4 Å². The summed E-state index contributed by atoms with van der Waals surface area (Å²) in [5, 5.41) is 12.9. The highest BCUT2D eigenvalue weighted by Gasteiger charge is 2.13. The van der Waals surface area contributed by atoms with Crippen molar-refractivity contribution in [2.45, 2.75) is 19.8 Å². The number of amides is 2. The second-order valence-electron chi connectivity index (χ2n) is 6.61. The second kappa shape index (κ2) is 8.87. The molecule has 142 valence electrons. The van der Waals surface area contributed by atoms with Crippen molar-refractivity contribution in [3.05, 3.63) is 65.9 Å². The summed E-state index contributed by atoms with van der Waals surface area (Å²) in [6, 6.07) is 16.9. The van der Waals surface area contributed by atoms with Gasteiger partial charge in [-0.25, -0.2) is 0 Å². The Morgan fingerprint density at radius 3 is 2.75 bits per heavy atom. The monoisotopic (exact) mass is 374 g/mol. The Balaban J connectivity index is 1.55. The first kappa shape index (κ1) is 19.2. The standard InChI is InChI=1S/C22H22N4O2/c1-16(27)26(11-9-18-15-24-21-8-3-2-7-20(18)21)12-10-22(28)25-19-6-4-5-17(13-19)14-23/h2-8,13,15,24H,9-12H2,1H3,(H,25,28). The summed E-state index contributed by atoms with van der Waals surface area (Å²) in [5.74, 6) is -0.243. The maximum Gasteiger partial charge on any atom is 0.226 e. The van der Waals surface area contributed by atoms with Gasteiger partial charge in [0.05, 0.1) is 11.6 Å². The van der Waals surface area contributed by atoms with E-state index in [9.17, 15) is 9.59 Å². The molecule has 1 heterocycles. The number of hydrogen-bond acceptors (Lipinski definition) is 3. The molecule has 0 radical (unpaired) electrons. The largest absolute Gasteiger partial charge is 0.361 e. The predicted molar refractivity (Wildman–Crippen MR) is 109 cm³/mol. The Morgan fingerprint density at radius 1 is 1.14 bits per heavy atom. The van der Waals surface area contributed by atoms with E-state index in [4.69, 9.17) is 5.26 Å². The first-order valence-electron chi connectivity index (χ1n) is 9.17. The van der Waals surface area contributed by atoms with E-state index in [-0.39, 0.29) is 18.2 Å². The molecule has 28 heavy (non-hydrogen) atoms. The van der Waals surface area contributed by atoms with Crippen LogP contribution in [0.25, 0.3) is 10.9 Å². The number of nitrogens with one attached hydrogen (secondary N) is 2. The highest BCUT2D eigenvalue weighted by Crippen LogP contribution is 2.18. The second-order valence-corrected chi connectivity index (χ2v) is 6.61. The van der Waals surface area contributed by atoms with Gasteiger partial charge in [0.25, 0.3) is 0 Å². The van der Waals surface area contributed by atoms with Crippen LogP contribution >= 0.6 is 0 Å². The van der Waals surface area contributed by atoms with Crippen LogP contribution in [0.4, 0.5) is 5.69 Å². The number of nitrogens with zero attached hydrogens (tertiary/aromatic N) is 2. The molecule has 6 heteroatoms. The summed E-state index contributed by atoms with van der Waals surface area (Å²) in [4.78, 5) is 29.1. The van der Waals surface area contributed by atoms with Crippen molar-refractivity contribution in [2.24, 2.45) is 0 Å². The Morgan fingerprint density at radius 2 is 1.96 bits per heavy atom. The van der Waals surface area contributed by atoms with Crippen LogP contribution in [0.1, 0.15) is 24.5 Å². The molecule has 0 saturated heterocycles. The van der Waals surface area contributed by atoms with Gasteiger partial charge in [-0.3, -0.25) is 9.59 Å². The highest BCUT2D eigenvalue weighted by molar-refractivity contribution is 5.91. The number of carbonyl (C=O) groups excluding carboxylic acids is 2. The van der Waals surface area contributed by atoms with Crippen LogP contribution < -0.4 is 5.32 Å². The summed E-state index contributed by atoms with van der Waals surface area (Å²) in [6.07, 6.45) is 2.89. The molecule has 0 unspecified atom stereocenters. The SMILES string of the molecule is CC(=O)N(CCC(=O)Nc1cccc(C#N)c1)CCc1c[nH]c2ccccc12. The van der Waals surface area contributed by atoms with Gasteiger partial charge in [0.15, 0.2) is 0 Å². The number of hydrogen-bond donors (Lipinski definition) is 2. The number of para-hydroxylation sites is 1. The maximum absolute atomic E-state index is 12.2. The van der Waals surface area contributed by atoms with Crippen LogP contribution in [0.2, 0.25) is 0 Å². The third-order valence-electron chi connectivity index (χ3n) is 4.66. The molecule has 1 aromatic heterocycles. The zero-order chi connectivity index (χ0) is 19.9. The molecule has 0 spiro atoms. The molecule has 0 aliphatic rings. The fourth-order valence-corrected chi connectivity index (χ4v) is 3.15. The molecule has 0 saturated carbocycles. The molecule has 2 aromatic carbocycles. The first-order valence-corrected chi connectivity index (χ1v) is 9.17. The van der Waals surface area contributed by atoms with Gasteiger partial charge in [-0.15, -0.1) is 0 Å². The minimum absolute atomic E-state index is 0.0564. The van der Waals surface area contributed by atoms with Crippen LogP contribution in [0.3, 0.4) is 0 Å². The van der Waals surface area contributed by atoms with Crippen LogP contribution in [-0.4, -0.2) is 34.8 Å². The number of H-pyrrole nitrogens is 1. The van der Waals surface area contributed by atoms with Crippen molar-refractivity contribution in [3.8, 4) is 6.07 Å². The van der Waals surface area contributed by atoms with E-state index in [0.717, 1.165) is 22.9 Å². The molecule has 0 atom stereocenters. The quantitative estimate of drug-likeness (QED) is 0.664. The van der Waals surface area contributed by atoms with Crippen molar-refractivity contribution < 1.29 is 9.59 Å². The molecule has 3 rings (SSSR count). The van der Waals surface area contributed by atoms with Crippen molar-refractivity contribution in [1.29, 1.82) is 5.26 Å². The van der Waals surface area contributed by atoms with Crippen molar-refractivity contribution >= 4 is 28.4 Å². The number of rotatable bonds is 7.